The zero-order chi connectivity index (χ0) is 11.1. The van der Waals surface area contributed by atoms with E-state index >= 15 is 0 Å². The van der Waals surface area contributed by atoms with Gasteiger partial charge < -0.3 is 0 Å². The molecule has 0 bridgehead atoms. The van der Waals surface area contributed by atoms with E-state index in [-0.39, 0.29) is 0 Å². The van der Waals surface area contributed by atoms with E-state index in [4.69, 9.17) is 0 Å². The molecule has 0 aliphatic heterocycles. The van der Waals surface area contributed by atoms with Gasteiger partial charge in [-0.15, -0.1) is 0 Å². The Morgan fingerprint density at radius 1 is 0.667 bits per heavy atom. The lowest BCUT2D eigenvalue weighted by Crippen LogP contribution is -1.94. The molecule has 15 heavy (non-hydrogen) atoms. The summed E-state index contributed by atoms with van der Waals surface area (Å²) in [4.78, 5) is 12.6. The number of hydrogen-bond donors (Lipinski definition) is 0. The smallest absolute Gasteiger partial charge is 0.196 e. The van der Waals surface area contributed by atoms with Crippen LogP contribution in [-0.2, 0) is 0 Å². The van der Waals surface area contributed by atoms with Gasteiger partial charge in [-0.1, -0.05) is 55.0 Å². The van der Waals surface area contributed by atoms with Gasteiger partial charge in [0.1, 0.15) is 0 Å². The van der Waals surface area contributed by atoms with E-state index < -0.39 is 0 Å². The van der Waals surface area contributed by atoms with Crippen molar-refractivity contribution in [3.63, 3.8) is 0 Å². The fourth-order valence-corrected chi connectivity index (χ4v) is 2.16. The summed E-state index contributed by atoms with van der Waals surface area (Å²) in [6.07, 6.45) is 0. The average molecular weight is 255 g/mol. The standard InChI is InChI=1S/C9H9N3S3/c1-4-13-7-10-8(14-5-2)12-9(11-7)15-6-3/h4-6H,1-3H2. The molecule has 0 aliphatic rings. The zero-order valence-electron chi connectivity index (χ0n) is 7.92. The number of hydrogen-bond acceptors (Lipinski definition) is 6. The molecular weight excluding hydrogens is 246 g/mol. The highest BCUT2D eigenvalue weighted by Crippen LogP contribution is 2.23. The van der Waals surface area contributed by atoms with E-state index in [1.807, 2.05) is 0 Å². The molecule has 0 saturated heterocycles. The van der Waals surface area contributed by atoms with Crippen molar-refractivity contribution < 1.29 is 0 Å². The van der Waals surface area contributed by atoms with Crippen LogP contribution < -0.4 is 0 Å². The first-order valence-electron chi connectivity index (χ1n) is 3.89. The topological polar surface area (TPSA) is 38.7 Å². The third-order valence-electron chi connectivity index (χ3n) is 1.14. The average Bonchev–Trinajstić information content (AvgIpc) is 2.19. The van der Waals surface area contributed by atoms with Crippen molar-refractivity contribution in [3.8, 4) is 0 Å². The van der Waals surface area contributed by atoms with Crippen LogP contribution in [0.1, 0.15) is 0 Å². The maximum absolute atomic E-state index is 4.21. The van der Waals surface area contributed by atoms with Crippen LogP contribution in [0, 0.1) is 0 Å². The molecule has 1 aromatic rings. The SMILES string of the molecule is C=CSc1nc(SC=C)nc(SC=C)n1. The van der Waals surface area contributed by atoms with E-state index in [2.05, 4.69) is 34.7 Å². The van der Waals surface area contributed by atoms with Gasteiger partial charge in [-0.25, -0.2) is 0 Å². The van der Waals surface area contributed by atoms with Crippen LogP contribution in [0.3, 0.4) is 0 Å². The molecular formula is C9H9N3S3. The summed E-state index contributed by atoms with van der Waals surface area (Å²) >= 11 is 4.09. The minimum absolute atomic E-state index is 0.633. The lowest BCUT2D eigenvalue weighted by Gasteiger charge is -2.01. The highest BCUT2D eigenvalue weighted by molar-refractivity contribution is 8.03. The summed E-state index contributed by atoms with van der Waals surface area (Å²) < 4.78 is 0. The highest BCUT2D eigenvalue weighted by atomic mass is 32.2. The van der Waals surface area contributed by atoms with Crippen molar-refractivity contribution in [2.24, 2.45) is 0 Å². The summed E-state index contributed by atoms with van der Waals surface area (Å²) in [5.41, 5.74) is 0. The molecule has 0 aromatic carbocycles. The number of rotatable bonds is 6. The van der Waals surface area contributed by atoms with Gasteiger partial charge in [0.15, 0.2) is 15.5 Å². The monoisotopic (exact) mass is 255 g/mol. The first kappa shape index (κ1) is 12.4. The second kappa shape index (κ2) is 6.71. The van der Waals surface area contributed by atoms with Gasteiger partial charge >= 0.3 is 0 Å². The van der Waals surface area contributed by atoms with Crippen molar-refractivity contribution >= 4 is 35.3 Å². The van der Waals surface area contributed by atoms with Crippen LogP contribution in [0.15, 0.2) is 51.4 Å². The third-order valence-corrected chi connectivity index (χ3v) is 2.82. The van der Waals surface area contributed by atoms with Gasteiger partial charge in [-0.2, -0.15) is 15.0 Å². The molecule has 1 rings (SSSR count). The second-order valence-corrected chi connectivity index (χ2v) is 4.84. The predicted molar refractivity (Wildman–Crippen MR) is 68.0 cm³/mol. The van der Waals surface area contributed by atoms with E-state index in [9.17, 15) is 0 Å². The molecule has 0 N–H and O–H groups in total. The summed E-state index contributed by atoms with van der Waals surface area (Å²) in [7, 11) is 0. The molecule has 0 unspecified atom stereocenters. The first-order chi connectivity index (χ1) is 7.30. The molecule has 0 radical (unpaired) electrons. The Morgan fingerprint density at radius 3 is 1.13 bits per heavy atom. The van der Waals surface area contributed by atoms with Crippen molar-refractivity contribution in [1.29, 1.82) is 0 Å². The van der Waals surface area contributed by atoms with Crippen molar-refractivity contribution in [3.05, 3.63) is 36.0 Å². The van der Waals surface area contributed by atoms with E-state index in [1.165, 1.54) is 35.3 Å². The van der Waals surface area contributed by atoms with Crippen LogP contribution in [0.5, 0.6) is 0 Å². The molecule has 3 nitrogen and oxygen atoms in total. The van der Waals surface area contributed by atoms with Crippen LogP contribution >= 0.6 is 35.3 Å². The Labute approximate surface area is 102 Å². The lowest BCUT2D eigenvalue weighted by molar-refractivity contribution is 0.721. The normalized spacial score (nSPS) is 9.60. The van der Waals surface area contributed by atoms with Gasteiger partial charge in [0.25, 0.3) is 0 Å². The molecule has 78 valence electrons. The molecule has 0 spiro atoms. The van der Waals surface area contributed by atoms with Gasteiger partial charge in [0.2, 0.25) is 0 Å². The maximum atomic E-state index is 4.21. The summed E-state index contributed by atoms with van der Waals surface area (Å²) in [6.45, 7) is 10.8. The van der Waals surface area contributed by atoms with Gasteiger partial charge in [-0.05, 0) is 16.2 Å². The Balaban J connectivity index is 3.00. The molecule has 0 aliphatic carbocycles. The zero-order valence-corrected chi connectivity index (χ0v) is 10.4. The number of aromatic nitrogens is 3. The van der Waals surface area contributed by atoms with Crippen molar-refractivity contribution in [2.75, 3.05) is 0 Å². The highest BCUT2D eigenvalue weighted by Gasteiger charge is 2.05. The Morgan fingerprint density at radius 2 is 0.933 bits per heavy atom. The maximum Gasteiger partial charge on any atom is 0.196 e. The molecule has 1 heterocycles. The minimum atomic E-state index is 0.633. The molecule has 6 heteroatoms. The first-order valence-corrected chi connectivity index (χ1v) is 6.52. The molecule has 0 saturated carbocycles. The van der Waals surface area contributed by atoms with E-state index in [0.29, 0.717) is 15.5 Å². The van der Waals surface area contributed by atoms with Gasteiger partial charge in [-0.3, -0.25) is 0 Å². The van der Waals surface area contributed by atoms with Crippen LogP contribution in [0.2, 0.25) is 0 Å². The second-order valence-electron chi connectivity index (χ2n) is 2.04. The van der Waals surface area contributed by atoms with Gasteiger partial charge in [0, 0.05) is 0 Å². The lowest BCUT2D eigenvalue weighted by atomic mass is 11.1. The Kier molecular flexibility index (Phi) is 5.52. The number of thioether (sulfide) groups is 3. The van der Waals surface area contributed by atoms with Crippen molar-refractivity contribution in [2.45, 2.75) is 15.5 Å². The van der Waals surface area contributed by atoms with Gasteiger partial charge in [0.05, 0.1) is 0 Å². The predicted octanol–water partition coefficient (Wildman–Crippen LogP) is 3.58. The van der Waals surface area contributed by atoms with E-state index in [1.54, 1.807) is 16.2 Å². The fraction of sp³-hybridized carbons (Fsp3) is 0. The Hall–Kier alpha value is -0.720. The minimum Gasteiger partial charge on any atom is -0.196 e. The number of nitrogens with zero attached hydrogens (tertiary/aromatic N) is 3. The van der Waals surface area contributed by atoms with Crippen LogP contribution in [-0.4, -0.2) is 15.0 Å². The molecule has 0 amide bonds. The quantitative estimate of drug-likeness (QED) is 0.723. The molecule has 0 fully saturated rings. The largest absolute Gasteiger partial charge is 0.196 e. The summed E-state index contributed by atoms with van der Waals surface area (Å²) in [5.74, 6) is 0. The molecule has 1 aromatic heterocycles. The van der Waals surface area contributed by atoms with Crippen LogP contribution in [0.4, 0.5) is 0 Å². The van der Waals surface area contributed by atoms with E-state index in [0.717, 1.165) is 0 Å². The summed E-state index contributed by atoms with van der Waals surface area (Å²) in [6, 6.07) is 0. The third kappa shape index (κ3) is 4.11. The molecule has 0 atom stereocenters. The Bertz CT molecular complexity index is 309. The summed E-state index contributed by atoms with van der Waals surface area (Å²) in [5, 5.41) is 6.94. The van der Waals surface area contributed by atoms with Crippen LogP contribution in [0.25, 0.3) is 0 Å². The van der Waals surface area contributed by atoms with Crippen molar-refractivity contribution in [1.82, 2.24) is 15.0 Å². The fourth-order valence-electron chi connectivity index (χ4n) is 0.702.